The number of hydrogen-bond acceptors (Lipinski definition) is 6. The fourth-order valence-electron chi connectivity index (χ4n) is 3.92. The zero-order valence-corrected chi connectivity index (χ0v) is 18.2. The van der Waals surface area contributed by atoms with E-state index in [0.717, 1.165) is 40.2 Å². The number of hydrogen-bond donors (Lipinski definition) is 2. The highest BCUT2D eigenvalue weighted by molar-refractivity contribution is 7.19. The van der Waals surface area contributed by atoms with Crippen molar-refractivity contribution in [2.45, 2.75) is 32.7 Å². The zero-order valence-electron chi connectivity index (χ0n) is 17.4. The maximum absolute atomic E-state index is 12.8. The summed E-state index contributed by atoms with van der Waals surface area (Å²) in [6.45, 7) is 4.46. The largest absolute Gasteiger partial charge is 0.394 e. The molecule has 1 atom stereocenters. The average Bonchev–Trinajstić information content (AvgIpc) is 3.40. The highest BCUT2D eigenvalue weighted by Crippen LogP contribution is 2.40. The average molecular weight is 434 g/mol. The first-order chi connectivity index (χ1) is 15.0. The summed E-state index contributed by atoms with van der Waals surface area (Å²) in [7, 11) is 0. The van der Waals surface area contributed by atoms with Crippen LogP contribution in [0.2, 0.25) is 0 Å². The van der Waals surface area contributed by atoms with Crippen LogP contribution in [0.15, 0.2) is 36.4 Å². The summed E-state index contributed by atoms with van der Waals surface area (Å²) in [5.41, 5.74) is 4.83. The lowest BCUT2D eigenvalue weighted by molar-refractivity contribution is 0.166. The van der Waals surface area contributed by atoms with E-state index in [4.69, 9.17) is 4.98 Å². The van der Waals surface area contributed by atoms with Crippen molar-refractivity contribution in [1.82, 2.24) is 14.9 Å². The molecule has 7 nitrogen and oxygen atoms in total. The Hall–Kier alpha value is -3.28. The summed E-state index contributed by atoms with van der Waals surface area (Å²) in [5, 5.41) is 22.2. The van der Waals surface area contributed by atoms with Crippen molar-refractivity contribution in [1.29, 1.82) is 5.26 Å². The van der Waals surface area contributed by atoms with Gasteiger partial charge in [-0.2, -0.15) is 5.26 Å². The van der Waals surface area contributed by atoms with Crippen molar-refractivity contribution in [2.24, 2.45) is 0 Å². The molecule has 3 aromatic rings. The van der Waals surface area contributed by atoms with Gasteiger partial charge < -0.3 is 10.0 Å². The molecule has 2 amide bonds. The molecule has 1 saturated heterocycles. The fourth-order valence-corrected chi connectivity index (χ4v) is 4.89. The van der Waals surface area contributed by atoms with Gasteiger partial charge in [-0.1, -0.05) is 23.5 Å². The number of benzene rings is 1. The molecule has 0 bridgehead atoms. The minimum atomic E-state index is -0.253. The summed E-state index contributed by atoms with van der Waals surface area (Å²) in [6, 6.07) is 13.0. The van der Waals surface area contributed by atoms with E-state index in [9.17, 15) is 15.2 Å². The van der Waals surface area contributed by atoms with E-state index in [0.29, 0.717) is 22.9 Å². The van der Waals surface area contributed by atoms with Gasteiger partial charge in [0, 0.05) is 23.5 Å². The van der Waals surface area contributed by atoms with Gasteiger partial charge in [-0.25, -0.2) is 9.78 Å². The Bertz CT molecular complexity index is 1150. The predicted molar refractivity (Wildman–Crippen MR) is 121 cm³/mol. The summed E-state index contributed by atoms with van der Waals surface area (Å²) in [5.74, 6) is 0. The van der Waals surface area contributed by atoms with Crippen LogP contribution in [-0.2, 0) is 0 Å². The highest BCUT2D eigenvalue weighted by Gasteiger charge is 2.29. The lowest BCUT2D eigenvalue weighted by atomic mass is 10.0. The number of likely N-dealkylation sites (tertiary alicyclic amines) is 1. The second-order valence-electron chi connectivity index (χ2n) is 7.63. The molecular weight excluding hydrogens is 410 g/mol. The molecule has 0 saturated carbocycles. The van der Waals surface area contributed by atoms with E-state index >= 15 is 0 Å². The van der Waals surface area contributed by atoms with E-state index in [-0.39, 0.29) is 18.7 Å². The van der Waals surface area contributed by atoms with Crippen LogP contribution in [-0.4, -0.2) is 45.2 Å². The quantitative estimate of drug-likeness (QED) is 0.637. The number of pyridine rings is 1. The number of carbonyl (C=O) groups excluding carboxylic acids is 1. The first-order valence-corrected chi connectivity index (χ1v) is 11.0. The predicted octanol–water partition coefficient (Wildman–Crippen LogP) is 4.35. The molecule has 1 aromatic carbocycles. The number of aromatic nitrogens is 2. The van der Waals surface area contributed by atoms with Crippen molar-refractivity contribution in [3.63, 3.8) is 0 Å². The number of rotatable bonds is 4. The topological polar surface area (TPSA) is 102 Å². The van der Waals surface area contributed by atoms with Crippen LogP contribution in [0.5, 0.6) is 0 Å². The zero-order chi connectivity index (χ0) is 22.0. The third-order valence-corrected chi connectivity index (χ3v) is 6.32. The number of nitrogens with one attached hydrogen (secondary N) is 1. The van der Waals surface area contributed by atoms with Gasteiger partial charge in [0.05, 0.1) is 34.9 Å². The van der Waals surface area contributed by atoms with Gasteiger partial charge in [0.2, 0.25) is 0 Å². The first kappa shape index (κ1) is 21.0. The van der Waals surface area contributed by atoms with Crippen LogP contribution >= 0.6 is 11.3 Å². The van der Waals surface area contributed by atoms with Crippen LogP contribution in [0.4, 0.5) is 9.93 Å². The number of anilines is 1. The number of urea groups is 1. The molecule has 1 aliphatic heterocycles. The van der Waals surface area contributed by atoms with Crippen LogP contribution < -0.4 is 5.32 Å². The first-order valence-electron chi connectivity index (χ1n) is 10.1. The molecule has 0 aliphatic carbocycles. The third kappa shape index (κ3) is 4.43. The normalized spacial score (nSPS) is 15.7. The lowest BCUT2D eigenvalue weighted by Gasteiger charge is -2.22. The third-order valence-electron chi connectivity index (χ3n) is 5.30. The molecule has 0 radical (unpaired) electrons. The molecule has 1 aliphatic rings. The Morgan fingerprint density at radius 1 is 1.26 bits per heavy atom. The Kier molecular flexibility index (Phi) is 5.98. The van der Waals surface area contributed by atoms with Crippen molar-refractivity contribution >= 4 is 22.5 Å². The smallest absolute Gasteiger partial charge is 0.323 e. The van der Waals surface area contributed by atoms with Gasteiger partial charge in [-0.05, 0) is 56.5 Å². The fraction of sp³-hybridized carbons (Fsp3) is 0.304. The molecule has 1 fully saturated rings. The van der Waals surface area contributed by atoms with Crippen molar-refractivity contribution in [3.05, 3.63) is 53.3 Å². The number of aliphatic hydroxyl groups excluding tert-OH is 1. The number of nitrogens with zero attached hydrogens (tertiary/aromatic N) is 4. The lowest BCUT2D eigenvalue weighted by Crippen LogP contribution is -2.40. The van der Waals surface area contributed by atoms with Gasteiger partial charge in [0.15, 0.2) is 5.13 Å². The Morgan fingerprint density at radius 2 is 2.03 bits per heavy atom. The number of aliphatic hydroxyl groups is 1. The molecular formula is C23H23N5O2S. The molecule has 158 valence electrons. The second-order valence-corrected chi connectivity index (χ2v) is 8.63. The standard InChI is InChI=1S/C23H23N5O2S/c1-14-9-18(10-15(2)25-14)21-20(17-6-3-5-16(11-17)12-24)26-22(31-21)27-23(30)28-8-4-7-19(28)13-29/h3,5-6,9-11,19,29H,4,7-8,13H2,1-2H3,(H,26,27,30)/t19-/m0/s1. The van der Waals surface area contributed by atoms with Gasteiger partial charge in [0.1, 0.15) is 0 Å². The molecule has 4 rings (SSSR count). The van der Waals surface area contributed by atoms with E-state index in [1.165, 1.54) is 11.3 Å². The molecule has 2 aromatic heterocycles. The maximum Gasteiger partial charge on any atom is 0.323 e. The highest BCUT2D eigenvalue weighted by atomic mass is 32.1. The minimum absolute atomic E-state index is 0.0433. The van der Waals surface area contributed by atoms with Gasteiger partial charge in [-0.15, -0.1) is 0 Å². The summed E-state index contributed by atoms with van der Waals surface area (Å²) in [4.78, 5) is 24.5. The van der Waals surface area contributed by atoms with Gasteiger partial charge in [-0.3, -0.25) is 10.3 Å². The summed E-state index contributed by atoms with van der Waals surface area (Å²) < 4.78 is 0. The van der Waals surface area contributed by atoms with Crippen molar-refractivity contribution in [2.75, 3.05) is 18.5 Å². The molecule has 3 heterocycles. The monoisotopic (exact) mass is 433 g/mol. The van der Waals surface area contributed by atoms with E-state index in [2.05, 4.69) is 16.4 Å². The Balaban J connectivity index is 1.75. The minimum Gasteiger partial charge on any atom is -0.394 e. The van der Waals surface area contributed by atoms with Crippen molar-refractivity contribution in [3.8, 4) is 27.8 Å². The number of nitriles is 1. The number of aryl methyl sites for hydroxylation is 2. The SMILES string of the molecule is Cc1cc(-c2sc(NC(=O)N3CCC[C@H]3CO)nc2-c2cccc(C#N)c2)cc(C)n1. The van der Waals surface area contributed by atoms with Crippen molar-refractivity contribution < 1.29 is 9.90 Å². The molecule has 31 heavy (non-hydrogen) atoms. The second kappa shape index (κ2) is 8.84. The maximum atomic E-state index is 12.8. The van der Waals surface area contributed by atoms with Crippen LogP contribution in [0.3, 0.4) is 0 Å². The molecule has 0 unspecified atom stereocenters. The number of carbonyl (C=O) groups is 1. The molecule has 0 spiro atoms. The van der Waals surface area contributed by atoms with Gasteiger partial charge >= 0.3 is 6.03 Å². The van der Waals surface area contributed by atoms with Crippen LogP contribution in [0.1, 0.15) is 29.8 Å². The Labute approximate surface area is 185 Å². The van der Waals surface area contributed by atoms with E-state index in [1.54, 1.807) is 17.0 Å². The number of amides is 2. The van der Waals surface area contributed by atoms with E-state index < -0.39 is 0 Å². The Morgan fingerprint density at radius 3 is 2.74 bits per heavy atom. The van der Waals surface area contributed by atoms with Crippen LogP contribution in [0.25, 0.3) is 21.7 Å². The number of thiazole rings is 1. The molecule has 2 N–H and O–H groups in total. The summed E-state index contributed by atoms with van der Waals surface area (Å²) in [6.07, 6.45) is 1.68. The molecule has 8 heteroatoms. The summed E-state index contributed by atoms with van der Waals surface area (Å²) >= 11 is 1.39. The van der Waals surface area contributed by atoms with Crippen LogP contribution in [0, 0.1) is 25.2 Å². The van der Waals surface area contributed by atoms with E-state index in [1.807, 2.05) is 38.1 Å². The van der Waals surface area contributed by atoms with Gasteiger partial charge in [0.25, 0.3) is 0 Å².